The summed E-state index contributed by atoms with van der Waals surface area (Å²) in [6.45, 7) is 11.8. The van der Waals surface area contributed by atoms with E-state index in [0.29, 0.717) is 0 Å². The van der Waals surface area contributed by atoms with Crippen LogP contribution in [0.4, 0.5) is 0 Å². The molecular weight excluding hydrogens is 368 g/mol. The molecule has 0 aromatic heterocycles. The van der Waals surface area contributed by atoms with Gasteiger partial charge in [-0.2, -0.15) is 0 Å². The van der Waals surface area contributed by atoms with Gasteiger partial charge in [-0.3, -0.25) is 0 Å². The van der Waals surface area contributed by atoms with Gasteiger partial charge in [-0.15, -0.1) is 17.2 Å². The number of hydrogen-bond acceptors (Lipinski definition) is 5. The van der Waals surface area contributed by atoms with Crippen LogP contribution in [0.25, 0.3) is 0 Å². The lowest BCUT2D eigenvalue weighted by atomic mass is 10.00. The maximum absolute atomic E-state index is 5.82. The third-order valence-corrected chi connectivity index (χ3v) is 6.59. The summed E-state index contributed by atoms with van der Waals surface area (Å²) in [6, 6.07) is 0. The highest BCUT2D eigenvalue weighted by Crippen LogP contribution is 2.25. The predicted octanol–water partition coefficient (Wildman–Crippen LogP) is 3.89. The smallest absolute Gasteiger partial charge is 0.161 e. The van der Waals surface area contributed by atoms with Crippen molar-refractivity contribution in [3.63, 3.8) is 0 Å². The Balaban J connectivity index is 3.94. The van der Waals surface area contributed by atoms with E-state index in [1.54, 1.807) is 0 Å². The summed E-state index contributed by atoms with van der Waals surface area (Å²) < 4.78 is 22.5. The van der Waals surface area contributed by atoms with Crippen LogP contribution in [0, 0.1) is 5.92 Å². The van der Waals surface area contributed by atoms with E-state index in [1.165, 1.54) is 25.2 Å². The maximum atomic E-state index is 5.82. The van der Waals surface area contributed by atoms with Crippen molar-refractivity contribution in [2.45, 2.75) is 59.5 Å². The van der Waals surface area contributed by atoms with E-state index >= 15 is 0 Å². The van der Waals surface area contributed by atoms with Crippen LogP contribution in [0.15, 0.2) is 0 Å². The lowest BCUT2D eigenvalue weighted by Gasteiger charge is -2.20. The molecule has 0 bridgehead atoms. The van der Waals surface area contributed by atoms with Gasteiger partial charge in [0.1, 0.15) is 0 Å². The van der Waals surface area contributed by atoms with E-state index in [9.17, 15) is 0 Å². The highest BCUT2D eigenvalue weighted by Gasteiger charge is 2.12. The molecule has 0 aromatic carbocycles. The molecular formula is C19H43NO4P2. The molecule has 158 valence electrons. The Morgan fingerprint density at radius 1 is 0.654 bits per heavy atom. The predicted molar refractivity (Wildman–Crippen MR) is 117 cm³/mol. The minimum absolute atomic E-state index is 0.0214. The first-order valence-electron chi connectivity index (χ1n) is 10.3. The molecule has 0 fully saturated rings. The molecule has 0 aliphatic heterocycles. The summed E-state index contributed by atoms with van der Waals surface area (Å²) in [5.74, 6) is 0.746. The highest BCUT2D eigenvalue weighted by molar-refractivity contribution is 7.38. The van der Waals surface area contributed by atoms with Crippen LogP contribution in [-0.2, 0) is 18.9 Å². The van der Waals surface area contributed by atoms with Crippen molar-refractivity contribution in [3.05, 3.63) is 0 Å². The van der Waals surface area contributed by atoms with Crippen molar-refractivity contribution >= 4 is 17.2 Å². The quantitative estimate of drug-likeness (QED) is 0.187. The molecule has 0 aromatic rings. The van der Waals surface area contributed by atoms with E-state index in [4.69, 9.17) is 24.7 Å². The molecule has 26 heavy (non-hydrogen) atoms. The average molecular weight is 412 g/mol. The summed E-state index contributed by atoms with van der Waals surface area (Å²) in [4.78, 5) is 0. The monoisotopic (exact) mass is 411 g/mol. The Labute approximate surface area is 165 Å². The Kier molecular flexibility index (Phi) is 20.9. The number of rotatable bonds is 20. The van der Waals surface area contributed by atoms with E-state index in [-0.39, 0.29) is 12.6 Å². The van der Waals surface area contributed by atoms with Gasteiger partial charge in [0.15, 0.2) is 12.6 Å². The molecule has 0 spiro atoms. The molecule has 0 aliphatic carbocycles. The van der Waals surface area contributed by atoms with Gasteiger partial charge in [0.05, 0.1) is 0 Å². The summed E-state index contributed by atoms with van der Waals surface area (Å²) in [6.07, 6.45) is 8.17. The standard InChI is InChI=1S/C19H43NO4P2/c1-5-21-18(22-6-2)15-25-13-10-17(9-12-20)11-14-26-16-19(23-7-3)24-8-4/h17-19,25-26H,5-16,20H2,1-4H3. The van der Waals surface area contributed by atoms with E-state index in [0.717, 1.165) is 74.8 Å². The minimum atomic E-state index is -0.0214. The van der Waals surface area contributed by atoms with Crippen LogP contribution in [0.3, 0.4) is 0 Å². The average Bonchev–Trinajstić information content (AvgIpc) is 2.62. The normalized spacial score (nSPS) is 14.0. The third kappa shape index (κ3) is 15.7. The zero-order chi connectivity index (χ0) is 19.5. The lowest BCUT2D eigenvalue weighted by molar-refractivity contribution is -0.120. The molecule has 0 aliphatic rings. The third-order valence-electron chi connectivity index (χ3n) is 4.07. The Hall–Kier alpha value is 0.660. The Morgan fingerprint density at radius 3 is 1.35 bits per heavy atom. The summed E-state index contributed by atoms with van der Waals surface area (Å²) in [5, 5.41) is 0. The fraction of sp³-hybridized carbons (Fsp3) is 1.00. The lowest BCUT2D eigenvalue weighted by Crippen LogP contribution is -2.20. The number of nitrogens with two attached hydrogens (primary N) is 1. The SMILES string of the molecule is CCOC(CPCCC(CCN)CCPCC(OCC)OCC)OCC. The molecule has 7 heteroatoms. The molecule has 2 unspecified atom stereocenters. The molecule has 0 saturated heterocycles. The first-order valence-corrected chi connectivity index (χ1v) is 13.1. The summed E-state index contributed by atoms with van der Waals surface area (Å²) in [5.41, 5.74) is 5.82. The van der Waals surface area contributed by atoms with Gasteiger partial charge < -0.3 is 24.7 Å². The van der Waals surface area contributed by atoms with Crippen molar-refractivity contribution in [1.82, 2.24) is 0 Å². The first kappa shape index (κ1) is 26.7. The first-order chi connectivity index (χ1) is 12.7. The maximum Gasteiger partial charge on any atom is 0.161 e. The number of hydrogen-bond donors (Lipinski definition) is 1. The largest absolute Gasteiger partial charge is 0.353 e. The van der Waals surface area contributed by atoms with Crippen molar-refractivity contribution in [2.24, 2.45) is 11.7 Å². The Bertz CT molecular complexity index is 252. The molecule has 2 atom stereocenters. The summed E-state index contributed by atoms with van der Waals surface area (Å²) >= 11 is 0. The molecule has 0 radical (unpaired) electrons. The fourth-order valence-electron chi connectivity index (χ4n) is 2.80. The van der Waals surface area contributed by atoms with Crippen molar-refractivity contribution < 1.29 is 18.9 Å². The van der Waals surface area contributed by atoms with E-state index in [2.05, 4.69) is 0 Å². The van der Waals surface area contributed by atoms with Gasteiger partial charge in [0.25, 0.3) is 0 Å². The molecule has 0 saturated carbocycles. The topological polar surface area (TPSA) is 62.9 Å². The van der Waals surface area contributed by atoms with Crippen molar-refractivity contribution in [3.8, 4) is 0 Å². The second kappa shape index (κ2) is 20.4. The number of ether oxygens (including phenoxy) is 4. The van der Waals surface area contributed by atoms with E-state index < -0.39 is 0 Å². The van der Waals surface area contributed by atoms with Gasteiger partial charge in [-0.05, 0) is 71.7 Å². The van der Waals surface area contributed by atoms with Gasteiger partial charge in [-0.1, -0.05) is 0 Å². The van der Waals surface area contributed by atoms with Crippen LogP contribution in [0.2, 0.25) is 0 Å². The van der Waals surface area contributed by atoms with Gasteiger partial charge in [0, 0.05) is 38.8 Å². The summed E-state index contributed by atoms with van der Waals surface area (Å²) in [7, 11) is 1.80. The van der Waals surface area contributed by atoms with Crippen molar-refractivity contribution in [1.29, 1.82) is 0 Å². The zero-order valence-corrected chi connectivity index (χ0v) is 19.4. The molecule has 5 nitrogen and oxygen atoms in total. The van der Waals surface area contributed by atoms with Crippen LogP contribution in [0.1, 0.15) is 47.0 Å². The van der Waals surface area contributed by atoms with E-state index in [1.807, 2.05) is 27.7 Å². The second-order valence-corrected chi connectivity index (χ2v) is 8.93. The van der Waals surface area contributed by atoms with Gasteiger partial charge >= 0.3 is 0 Å². The van der Waals surface area contributed by atoms with Crippen LogP contribution >= 0.6 is 17.2 Å². The Morgan fingerprint density at radius 2 is 1.04 bits per heavy atom. The minimum Gasteiger partial charge on any atom is -0.353 e. The van der Waals surface area contributed by atoms with Crippen LogP contribution < -0.4 is 5.73 Å². The van der Waals surface area contributed by atoms with Gasteiger partial charge in [0.2, 0.25) is 0 Å². The van der Waals surface area contributed by atoms with Gasteiger partial charge in [-0.25, -0.2) is 0 Å². The molecule has 0 heterocycles. The molecule has 2 N–H and O–H groups in total. The van der Waals surface area contributed by atoms with Crippen LogP contribution in [0.5, 0.6) is 0 Å². The molecule has 0 rings (SSSR count). The van der Waals surface area contributed by atoms with Crippen LogP contribution in [-0.4, -0.2) is 70.2 Å². The zero-order valence-electron chi connectivity index (χ0n) is 17.4. The second-order valence-electron chi connectivity index (χ2n) is 6.11. The molecule has 0 amide bonds. The highest BCUT2D eigenvalue weighted by atomic mass is 31.1. The fourth-order valence-corrected chi connectivity index (χ4v) is 5.37. The van der Waals surface area contributed by atoms with Crippen molar-refractivity contribution in [2.75, 3.05) is 57.6 Å².